The number of ether oxygens (including phenoxy) is 1. The Labute approximate surface area is 123 Å². The summed E-state index contributed by atoms with van der Waals surface area (Å²) in [4.78, 5) is 14.2. The molecular formula is C13H10N4O5. The summed E-state index contributed by atoms with van der Waals surface area (Å²) in [6.45, 7) is 1.55. The molecule has 9 nitrogen and oxygen atoms in total. The number of hydrogen-bond acceptors (Lipinski definition) is 8. The molecular weight excluding hydrogens is 292 g/mol. The fraction of sp³-hybridized carbons (Fsp3) is 0.154. The predicted molar refractivity (Wildman–Crippen MR) is 72.0 cm³/mol. The second-order valence-corrected chi connectivity index (χ2v) is 4.30. The van der Waals surface area contributed by atoms with Crippen molar-refractivity contribution in [2.45, 2.75) is 13.5 Å². The number of aromatic nitrogens is 3. The number of furan rings is 1. The van der Waals surface area contributed by atoms with Crippen molar-refractivity contribution in [3.63, 3.8) is 0 Å². The Hall–Kier alpha value is -3.23. The molecule has 0 atom stereocenters. The lowest BCUT2D eigenvalue weighted by Crippen LogP contribution is -2.02. The summed E-state index contributed by atoms with van der Waals surface area (Å²) in [7, 11) is 0. The molecule has 0 aliphatic heterocycles. The Morgan fingerprint density at radius 3 is 2.91 bits per heavy atom. The van der Waals surface area contributed by atoms with E-state index in [1.54, 1.807) is 25.1 Å². The van der Waals surface area contributed by atoms with Gasteiger partial charge in [-0.25, -0.2) is 0 Å². The fourth-order valence-corrected chi connectivity index (χ4v) is 1.72. The van der Waals surface area contributed by atoms with Gasteiger partial charge in [-0.05, 0) is 34.2 Å². The number of hydrogen-bond donors (Lipinski definition) is 0. The molecule has 0 saturated carbocycles. The molecule has 3 heterocycles. The highest BCUT2D eigenvalue weighted by Crippen LogP contribution is 2.25. The minimum atomic E-state index is -0.607. The van der Waals surface area contributed by atoms with Gasteiger partial charge < -0.3 is 23.7 Å². The summed E-state index contributed by atoms with van der Waals surface area (Å²) >= 11 is 0. The van der Waals surface area contributed by atoms with Crippen LogP contribution in [0.15, 0.2) is 39.4 Å². The van der Waals surface area contributed by atoms with E-state index in [2.05, 4.69) is 15.2 Å². The second kappa shape index (κ2) is 5.64. The topological polar surface area (TPSA) is 117 Å². The van der Waals surface area contributed by atoms with E-state index in [1.165, 1.54) is 12.3 Å². The van der Waals surface area contributed by atoms with Crippen molar-refractivity contribution in [2.24, 2.45) is 0 Å². The standard InChI is InChI=1S/C13H10N4O5/c1-8-4-5-9(12(14-8)17(18)19)21-7-11-15-16-13(22-11)10-3-2-6-20-10/h2-6H,7H2,1H3. The maximum absolute atomic E-state index is 10.9. The molecule has 3 rings (SSSR count). The molecule has 112 valence electrons. The average molecular weight is 302 g/mol. The van der Waals surface area contributed by atoms with Crippen molar-refractivity contribution < 1.29 is 18.5 Å². The predicted octanol–water partition coefficient (Wildman–Crippen LogP) is 2.52. The summed E-state index contributed by atoms with van der Waals surface area (Å²) in [6, 6.07) is 6.46. The Bertz CT molecular complexity index is 797. The first-order chi connectivity index (χ1) is 10.6. The molecule has 22 heavy (non-hydrogen) atoms. The first kappa shape index (κ1) is 13.7. The lowest BCUT2D eigenvalue weighted by Gasteiger charge is -2.03. The molecule has 9 heteroatoms. The maximum atomic E-state index is 10.9. The molecule has 0 bridgehead atoms. The number of nitrogens with zero attached hydrogens (tertiary/aromatic N) is 4. The van der Waals surface area contributed by atoms with Crippen molar-refractivity contribution in [3.8, 4) is 17.4 Å². The number of aryl methyl sites for hydroxylation is 1. The number of nitro groups is 1. The molecule has 0 aliphatic carbocycles. The molecule has 0 aliphatic rings. The van der Waals surface area contributed by atoms with Crippen LogP contribution in [0.25, 0.3) is 11.7 Å². The van der Waals surface area contributed by atoms with Crippen LogP contribution in [0.5, 0.6) is 5.75 Å². The number of rotatable bonds is 5. The molecule has 0 radical (unpaired) electrons. The monoisotopic (exact) mass is 302 g/mol. The summed E-state index contributed by atoms with van der Waals surface area (Å²) in [6.07, 6.45) is 1.48. The molecule has 0 amide bonds. The number of pyridine rings is 1. The van der Waals surface area contributed by atoms with E-state index in [9.17, 15) is 10.1 Å². The van der Waals surface area contributed by atoms with Crippen molar-refractivity contribution >= 4 is 5.82 Å². The highest BCUT2D eigenvalue weighted by atomic mass is 16.6. The van der Waals surface area contributed by atoms with Gasteiger partial charge in [-0.15, -0.1) is 10.2 Å². The van der Waals surface area contributed by atoms with Crippen LogP contribution < -0.4 is 4.74 Å². The van der Waals surface area contributed by atoms with Crippen LogP contribution in [0.4, 0.5) is 5.82 Å². The molecule has 0 unspecified atom stereocenters. The van der Waals surface area contributed by atoms with E-state index in [1.807, 2.05) is 0 Å². The molecule has 3 aromatic heterocycles. The summed E-state index contributed by atoms with van der Waals surface area (Å²) in [5.41, 5.74) is 0.525. The third-order valence-corrected chi connectivity index (χ3v) is 2.70. The maximum Gasteiger partial charge on any atom is 0.406 e. The van der Waals surface area contributed by atoms with Crippen molar-refractivity contribution in [1.29, 1.82) is 0 Å². The Kier molecular flexibility index (Phi) is 3.52. The van der Waals surface area contributed by atoms with E-state index < -0.39 is 4.92 Å². The zero-order valence-corrected chi connectivity index (χ0v) is 11.4. The highest BCUT2D eigenvalue weighted by Gasteiger charge is 2.19. The smallest absolute Gasteiger partial charge is 0.406 e. The van der Waals surface area contributed by atoms with Crippen LogP contribution in [0.2, 0.25) is 0 Å². The van der Waals surface area contributed by atoms with Crippen molar-refractivity contribution in [1.82, 2.24) is 15.2 Å². The largest absolute Gasteiger partial charge is 0.476 e. The van der Waals surface area contributed by atoms with Crippen LogP contribution in [-0.4, -0.2) is 20.1 Å². The average Bonchev–Trinajstić information content (AvgIpc) is 3.16. The van der Waals surface area contributed by atoms with Crippen LogP contribution in [0.3, 0.4) is 0 Å². The summed E-state index contributed by atoms with van der Waals surface area (Å²) in [5.74, 6) is 0.488. The van der Waals surface area contributed by atoms with Gasteiger partial charge in [0, 0.05) is 6.92 Å². The zero-order chi connectivity index (χ0) is 15.5. The van der Waals surface area contributed by atoms with Gasteiger partial charge in [0.2, 0.25) is 5.75 Å². The molecule has 0 spiro atoms. The first-order valence-corrected chi connectivity index (χ1v) is 6.24. The molecule has 0 aromatic carbocycles. The molecule has 0 N–H and O–H groups in total. The Morgan fingerprint density at radius 2 is 2.18 bits per heavy atom. The molecule has 3 aromatic rings. The molecule has 0 fully saturated rings. The van der Waals surface area contributed by atoms with E-state index in [0.717, 1.165) is 0 Å². The van der Waals surface area contributed by atoms with Gasteiger partial charge in [-0.2, -0.15) is 0 Å². The van der Waals surface area contributed by atoms with Gasteiger partial charge in [-0.1, -0.05) is 0 Å². The quantitative estimate of drug-likeness (QED) is 0.521. The van der Waals surface area contributed by atoms with E-state index in [4.69, 9.17) is 13.6 Å². The Balaban J connectivity index is 1.74. The summed E-state index contributed by atoms with van der Waals surface area (Å²) in [5, 5.41) is 18.5. The van der Waals surface area contributed by atoms with Gasteiger partial charge in [0.1, 0.15) is 5.69 Å². The Morgan fingerprint density at radius 1 is 1.32 bits per heavy atom. The van der Waals surface area contributed by atoms with Gasteiger partial charge in [0.15, 0.2) is 12.4 Å². The fourth-order valence-electron chi connectivity index (χ4n) is 1.72. The second-order valence-electron chi connectivity index (χ2n) is 4.30. The lowest BCUT2D eigenvalue weighted by molar-refractivity contribution is -0.390. The minimum absolute atomic E-state index is 0.0355. The van der Waals surface area contributed by atoms with Gasteiger partial charge in [0.05, 0.1) is 6.26 Å². The normalized spacial score (nSPS) is 10.6. The van der Waals surface area contributed by atoms with Crippen LogP contribution in [0.1, 0.15) is 11.6 Å². The minimum Gasteiger partial charge on any atom is -0.476 e. The van der Waals surface area contributed by atoms with Gasteiger partial charge >= 0.3 is 5.82 Å². The van der Waals surface area contributed by atoms with Gasteiger partial charge in [0.25, 0.3) is 11.8 Å². The molecule has 0 saturated heterocycles. The third kappa shape index (κ3) is 2.77. The first-order valence-electron chi connectivity index (χ1n) is 6.24. The van der Waals surface area contributed by atoms with Gasteiger partial charge in [-0.3, -0.25) is 0 Å². The highest BCUT2D eigenvalue weighted by molar-refractivity contribution is 5.42. The summed E-state index contributed by atoms with van der Waals surface area (Å²) < 4.78 is 15.8. The van der Waals surface area contributed by atoms with E-state index in [0.29, 0.717) is 11.5 Å². The SMILES string of the molecule is Cc1ccc(OCc2nnc(-c3ccco3)o2)c([N+](=O)[O-])n1. The zero-order valence-electron chi connectivity index (χ0n) is 11.4. The third-order valence-electron chi connectivity index (χ3n) is 2.70. The lowest BCUT2D eigenvalue weighted by atomic mass is 10.3. The van der Waals surface area contributed by atoms with Crippen LogP contribution in [0, 0.1) is 17.0 Å². The van der Waals surface area contributed by atoms with E-state index >= 15 is 0 Å². The van der Waals surface area contributed by atoms with Crippen LogP contribution in [-0.2, 0) is 6.61 Å². The van der Waals surface area contributed by atoms with Crippen molar-refractivity contribution in [3.05, 3.63) is 52.2 Å². The van der Waals surface area contributed by atoms with Crippen LogP contribution >= 0.6 is 0 Å². The van der Waals surface area contributed by atoms with Crippen molar-refractivity contribution in [2.75, 3.05) is 0 Å². The van der Waals surface area contributed by atoms with E-state index in [-0.39, 0.29) is 30.0 Å².